The van der Waals surface area contributed by atoms with Crippen molar-refractivity contribution in [2.45, 2.75) is 6.42 Å². The van der Waals surface area contributed by atoms with Crippen LogP contribution < -0.4 is 11.1 Å². The maximum absolute atomic E-state index is 13.3. The van der Waals surface area contributed by atoms with Gasteiger partial charge in [0.15, 0.2) is 23.3 Å². The normalized spacial score (nSPS) is 10.3. The number of hydrogen-bond donors (Lipinski definition) is 2. The van der Waals surface area contributed by atoms with Gasteiger partial charge in [0.25, 0.3) is 0 Å². The Labute approximate surface area is 104 Å². The Hall–Kier alpha value is -2.17. The lowest BCUT2D eigenvalue weighted by atomic mass is 10.1. The van der Waals surface area contributed by atoms with Crippen LogP contribution >= 0.6 is 0 Å². The number of pyridine rings is 1. The number of aromatic nitrogens is 1. The van der Waals surface area contributed by atoms with Gasteiger partial charge >= 0.3 is 0 Å². The van der Waals surface area contributed by atoms with Crippen LogP contribution in [0.2, 0.25) is 0 Å². The van der Waals surface area contributed by atoms with E-state index in [0.717, 1.165) is 18.1 Å². The first-order chi connectivity index (χ1) is 8.66. The van der Waals surface area contributed by atoms with Crippen LogP contribution in [0, 0.1) is 11.6 Å². The molecule has 5 heteroatoms. The number of nitrogens with two attached hydrogens (primary N) is 1. The van der Waals surface area contributed by atoms with E-state index in [-0.39, 0.29) is 11.6 Å². The molecule has 1 aromatic carbocycles. The van der Waals surface area contributed by atoms with Crippen LogP contribution in [-0.4, -0.2) is 11.5 Å². The number of nitrogens with one attached hydrogen (secondary N) is 1. The van der Waals surface area contributed by atoms with E-state index in [4.69, 9.17) is 5.73 Å². The monoisotopic (exact) mass is 249 g/mol. The highest BCUT2D eigenvalue weighted by Gasteiger charge is 2.08. The van der Waals surface area contributed by atoms with Gasteiger partial charge in [-0.15, -0.1) is 0 Å². The average molecular weight is 249 g/mol. The lowest BCUT2D eigenvalue weighted by Crippen LogP contribution is -2.10. The number of nitrogens with zero attached hydrogens (tertiary/aromatic N) is 1. The molecule has 0 aliphatic carbocycles. The van der Waals surface area contributed by atoms with Crippen LogP contribution in [0.3, 0.4) is 0 Å². The number of anilines is 2. The first-order valence-corrected chi connectivity index (χ1v) is 5.56. The maximum Gasteiger partial charge on any atom is 0.168 e. The zero-order valence-corrected chi connectivity index (χ0v) is 9.66. The van der Waals surface area contributed by atoms with E-state index in [2.05, 4.69) is 10.3 Å². The molecule has 2 aromatic rings. The molecule has 3 N–H and O–H groups in total. The predicted octanol–water partition coefficient (Wildman–Crippen LogP) is 2.60. The van der Waals surface area contributed by atoms with Gasteiger partial charge in [-0.05, 0) is 12.0 Å². The van der Waals surface area contributed by atoms with Gasteiger partial charge in [0, 0.05) is 12.6 Å². The maximum atomic E-state index is 13.3. The largest absolute Gasteiger partial charge is 0.381 e. The van der Waals surface area contributed by atoms with Gasteiger partial charge in [-0.1, -0.05) is 30.3 Å². The molecule has 1 aromatic heterocycles. The minimum absolute atomic E-state index is 0.0233. The first-order valence-electron chi connectivity index (χ1n) is 5.56. The predicted molar refractivity (Wildman–Crippen MR) is 67.2 cm³/mol. The summed E-state index contributed by atoms with van der Waals surface area (Å²) in [6, 6.07) is 10.5. The quantitative estimate of drug-likeness (QED) is 0.875. The number of nitrogen functional groups attached to an aromatic ring is 1. The Kier molecular flexibility index (Phi) is 3.72. The third kappa shape index (κ3) is 2.94. The lowest BCUT2D eigenvalue weighted by Gasteiger charge is -2.07. The van der Waals surface area contributed by atoms with Crippen molar-refractivity contribution in [1.29, 1.82) is 0 Å². The van der Waals surface area contributed by atoms with Crippen molar-refractivity contribution in [3.63, 3.8) is 0 Å². The number of benzene rings is 1. The summed E-state index contributed by atoms with van der Waals surface area (Å²) >= 11 is 0. The van der Waals surface area contributed by atoms with Gasteiger partial charge < -0.3 is 11.1 Å². The standard InChI is InChI=1S/C13H13F2N3/c14-10-8-11(15)13(18-12(10)16)17-7-6-9-4-2-1-3-5-9/h1-5,8H,6-7H2,(H3,16,17,18). The molecule has 1 heterocycles. The molecule has 2 rings (SSSR count). The van der Waals surface area contributed by atoms with Gasteiger partial charge in [-0.25, -0.2) is 13.8 Å². The van der Waals surface area contributed by atoms with E-state index in [1.165, 1.54) is 0 Å². The Bertz CT molecular complexity index is 529. The van der Waals surface area contributed by atoms with Gasteiger partial charge in [-0.3, -0.25) is 0 Å². The van der Waals surface area contributed by atoms with Gasteiger partial charge in [0.05, 0.1) is 0 Å². The number of rotatable bonds is 4. The van der Waals surface area contributed by atoms with Crippen molar-refractivity contribution in [2.75, 3.05) is 17.6 Å². The Morgan fingerprint density at radius 3 is 2.56 bits per heavy atom. The molecule has 0 atom stereocenters. The topological polar surface area (TPSA) is 50.9 Å². The molecule has 0 saturated carbocycles. The van der Waals surface area contributed by atoms with Crippen molar-refractivity contribution in [3.05, 3.63) is 53.6 Å². The van der Waals surface area contributed by atoms with Crippen LogP contribution in [0.5, 0.6) is 0 Å². The summed E-state index contributed by atoms with van der Waals surface area (Å²) in [5, 5.41) is 2.80. The van der Waals surface area contributed by atoms with Gasteiger partial charge in [0.1, 0.15) is 0 Å². The highest BCUT2D eigenvalue weighted by Crippen LogP contribution is 2.16. The Morgan fingerprint density at radius 2 is 1.83 bits per heavy atom. The summed E-state index contributed by atoms with van der Waals surface area (Å²) in [5.74, 6) is -1.92. The molecule has 3 nitrogen and oxygen atoms in total. The molecule has 0 unspecified atom stereocenters. The van der Waals surface area contributed by atoms with E-state index in [0.29, 0.717) is 6.54 Å². The van der Waals surface area contributed by atoms with Crippen LogP contribution in [0.15, 0.2) is 36.4 Å². The van der Waals surface area contributed by atoms with E-state index in [1.54, 1.807) is 0 Å². The van der Waals surface area contributed by atoms with E-state index < -0.39 is 11.6 Å². The Balaban J connectivity index is 1.97. The fraction of sp³-hybridized carbons (Fsp3) is 0.154. The molecule has 0 radical (unpaired) electrons. The number of halogens is 2. The summed E-state index contributed by atoms with van der Waals surface area (Å²) < 4.78 is 26.2. The van der Waals surface area contributed by atoms with Gasteiger partial charge in [0.2, 0.25) is 0 Å². The summed E-state index contributed by atoms with van der Waals surface area (Å²) in [4.78, 5) is 3.62. The van der Waals surface area contributed by atoms with Crippen LogP contribution in [0.1, 0.15) is 5.56 Å². The van der Waals surface area contributed by atoms with Crippen LogP contribution in [0.4, 0.5) is 20.4 Å². The molecule has 0 bridgehead atoms. The smallest absolute Gasteiger partial charge is 0.168 e. The fourth-order valence-corrected chi connectivity index (χ4v) is 1.57. The molecule has 0 saturated heterocycles. The molecular formula is C13H13F2N3. The van der Waals surface area contributed by atoms with Crippen LogP contribution in [0.25, 0.3) is 0 Å². The van der Waals surface area contributed by atoms with Crippen LogP contribution in [-0.2, 0) is 6.42 Å². The Morgan fingerprint density at radius 1 is 1.11 bits per heavy atom. The van der Waals surface area contributed by atoms with Crippen molar-refractivity contribution in [3.8, 4) is 0 Å². The molecule has 0 spiro atoms. The second-order valence-corrected chi connectivity index (χ2v) is 3.85. The van der Waals surface area contributed by atoms with Crippen molar-refractivity contribution in [1.82, 2.24) is 4.98 Å². The SMILES string of the molecule is Nc1nc(NCCc2ccccc2)c(F)cc1F. The number of hydrogen-bond acceptors (Lipinski definition) is 3. The molecule has 18 heavy (non-hydrogen) atoms. The molecular weight excluding hydrogens is 236 g/mol. The molecule has 0 fully saturated rings. The second kappa shape index (κ2) is 5.44. The average Bonchev–Trinajstić information content (AvgIpc) is 2.37. The molecule has 0 aliphatic rings. The summed E-state index contributed by atoms with van der Waals surface area (Å²) in [6.07, 6.45) is 0.721. The lowest BCUT2D eigenvalue weighted by molar-refractivity contribution is 0.579. The molecule has 0 amide bonds. The third-order valence-electron chi connectivity index (χ3n) is 2.51. The van der Waals surface area contributed by atoms with Gasteiger partial charge in [-0.2, -0.15) is 0 Å². The zero-order chi connectivity index (χ0) is 13.0. The fourth-order valence-electron chi connectivity index (χ4n) is 1.57. The summed E-state index contributed by atoms with van der Waals surface area (Å²) in [7, 11) is 0. The van der Waals surface area contributed by atoms with E-state index >= 15 is 0 Å². The molecule has 0 aliphatic heterocycles. The molecule has 94 valence electrons. The summed E-state index contributed by atoms with van der Waals surface area (Å²) in [5.41, 5.74) is 6.41. The van der Waals surface area contributed by atoms with Crippen molar-refractivity contribution in [2.24, 2.45) is 0 Å². The minimum atomic E-state index is -0.846. The second-order valence-electron chi connectivity index (χ2n) is 3.85. The highest BCUT2D eigenvalue weighted by atomic mass is 19.1. The summed E-state index contributed by atoms with van der Waals surface area (Å²) in [6.45, 7) is 0.499. The van der Waals surface area contributed by atoms with Crippen molar-refractivity contribution < 1.29 is 8.78 Å². The third-order valence-corrected chi connectivity index (χ3v) is 2.51. The highest BCUT2D eigenvalue weighted by molar-refractivity contribution is 5.44. The van der Waals surface area contributed by atoms with Crippen molar-refractivity contribution >= 4 is 11.6 Å². The zero-order valence-electron chi connectivity index (χ0n) is 9.66. The van der Waals surface area contributed by atoms with E-state index in [9.17, 15) is 8.78 Å². The minimum Gasteiger partial charge on any atom is -0.381 e. The van der Waals surface area contributed by atoms with E-state index in [1.807, 2.05) is 30.3 Å². The first kappa shape index (κ1) is 12.3.